The molecule has 1 aromatic carbocycles. The number of anilines is 1. The van der Waals surface area contributed by atoms with Crippen LogP contribution in [0.3, 0.4) is 0 Å². The number of ether oxygens (including phenoxy) is 1. The summed E-state index contributed by atoms with van der Waals surface area (Å²) >= 11 is 6.92. The molecule has 1 aromatic heterocycles. The highest BCUT2D eigenvalue weighted by molar-refractivity contribution is 7.91. The second kappa shape index (κ2) is 6.92. The summed E-state index contributed by atoms with van der Waals surface area (Å²) in [5, 5.41) is 0. The molecule has 1 aliphatic rings. The van der Waals surface area contributed by atoms with Gasteiger partial charge in [0.2, 0.25) is 0 Å². The molecule has 1 aliphatic heterocycles. The van der Waals surface area contributed by atoms with Gasteiger partial charge in [-0.3, -0.25) is 0 Å². The second-order valence-corrected chi connectivity index (χ2v) is 9.58. The highest BCUT2D eigenvalue weighted by Gasteiger charge is 2.30. The number of para-hydroxylation sites is 2. The van der Waals surface area contributed by atoms with Crippen molar-refractivity contribution in [1.82, 2.24) is 4.31 Å². The predicted molar refractivity (Wildman–Crippen MR) is 97.9 cm³/mol. The van der Waals surface area contributed by atoms with Crippen LogP contribution < -0.4 is 9.64 Å². The molecule has 2 aromatic rings. The van der Waals surface area contributed by atoms with Crippen LogP contribution in [-0.2, 0) is 10.0 Å². The smallest absolute Gasteiger partial charge is 0.252 e. The van der Waals surface area contributed by atoms with Crippen molar-refractivity contribution in [3.05, 3.63) is 40.7 Å². The Balaban J connectivity index is 1.77. The van der Waals surface area contributed by atoms with Crippen molar-refractivity contribution in [2.45, 2.75) is 17.2 Å². The lowest BCUT2D eigenvalue weighted by molar-refractivity contribution is 0.171. The fourth-order valence-electron chi connectivity index (χ4n) is 2.75. The average molecular weight is 387 g/mol. The maximum Gasteiger partial charge on any atom is 0.252 e. The van der Waals surface area contributed by atoms with Gasteiger partial charge in [0.15, 0.2) is 0 Å². The zero-order valence-corrected chi connectivity index (χ0v) is 15.9. The molecule has 2 heterocycles. The van der Waals surface area contributed by atoms with Gasteiger partial charge in [0.25, 0.3) is 10.0 Å². The van der Waals surface area contributed by atoms with Crippen LogP contribution in [-0.4, -0.2) is 45.5 Å². The zero-order chi connectivity index (χ0) is 17.3. The van der Waals surface area contributed by atoms with Gasteiger partial charge in [-0.2, -0.15) is 4.31 Å². The Morgan fingerprint density at radius 1 is 1.33 bits per heavy atom. The van der Waals surface area contributed by atoms with E-state index in [1.54, 1.807) is 13.1 Å². The first-order valence-corrected chi connectivity index (χ1v) is 10.3. The molecular weight excluding hydrogens is 368 g/mol. The molecule has 5 nitrogen and oxygen atoms in total. The van der Waals surface area contributed by atoms with E-state index in [0.717, 1.165) is 29.3 Å². The van der Waals surface area contributed by atoms with E-state index in [4.69, 9.17) is 16.3 Å². The number of fused-ring (bicyclic) bond motifs is 1. The molecule has 0 unspecified atom stereocenters. The fourth-order valence-corrected chi connectivity index (χ4v) is 5.64. The molecular formula is C16H19ClN2O3S2. The number of halogens is 1. The Morgan fingerprint density at radius 3 is 2.75 bits per heavy atom. The first-order chi connectivity index (χ1) is 11.4. The van der Waals surface area contributed by atoms with Crippen molar-refractivity contribution >= 4 is 38.6 Å². The van der Waals surface area contributed by atoms with Gasteiger partial charge in [0.1, 0.15) is 16.1 Å². The summed E-state index contributed by atoms with van der Waals surface area (Å²) in [6.45, 7) is 3.85. The van der Waals surface area contributed by atoms with Crippen LogP contribution in [0.1, 0.15) is 6.92 Å². The Kier molecular flexibility index (Phi) is 5.05. The van der Waals surface area contributed by atoms with Crippen molar-refractivity contribution in [3.63, 3.8) is 0 Å². The van der Waals surface area contributed by atoms with Gasteiger partial charge in [0.05, 0.1) is 23.1 Å². The van der Waals surface area contributed by atoms with E-state index in [0.29, 0.717) is 10.9 Å². The standard InChI is InChI=1S/C16H19ClN2O3S2/c1-3-19-11-12(22-14-7-5-4-6-13(14)19)10-18(2)24(20,21)16-9-8-15(17)23-16/h4-9,12H,3,10-11H2,1-2H3/t12-/m0/s1. The Hall–Kier alpha value is -1.28. The normalized spacial score (nSPS) is 17.7. The molecule has 0 amide bonds. The van der Waals surface area contributed by atoms with Crippen LogP contribution in [0.25, 0.3) is 0 Å². The third-order valence-electron chi connectivity index (χ3n) is 3.98. The minimum atomic E-state index is -3.55. The summed E-state index contributed by atoms with van der Waals surface area (Å²) in [6.07, 6.45) is -0.227. The van der Waals surface area contributed by atoms with Crippen LogP contribution >= 0.6 is 22.9 Å². The van der Waals surface area contributed by atoms with Crippen LogP contribution in [0.4, 0.5) is 5.69 Å². The van der Waals surface area contributed by atoms with Gasteiger partial charge in [0, 0.05) is 13.6 Å². The fraction of sp³-hybridized carbons (Fsp3) is 0.375. The van der Waals surface area contributed by atoms with Gasteiger partial charge in [-0.1, -0.05) is 23.7 Å². The van der Waals surface area contributed by atoms with Crippen molar-refractivity contribution in [2.75, 3.05) is 31.6 Å². The Morgan fingerprint density at radius 2 is 2.08 bits per heavy atom. The molecule has 1 atom stereocenters. The molecule has 3 rings (SSSR count). The van der Waals surface area contributed by atoms with Gasteiger partial charge in [-0.25, -0.2) is 8.42 Å². The van der Waals surface area contributed by atoms with E-state index in [-0.39, 0.29) is 16.9 Å². The van der Waals surface area contributed by atoms with E-state index in [1.165, 1.54) is 10.4 Å². The molecule has 0 aliphatic carbocycles. The number of hydrogen-bond donors (Lipinski definition) is 0. The van der Waals surface area contributed by atoms with Crippen LogP contribution in [0.15, 0.2) is 40.6 Å². The summed E-state index contributed by atoms with van der Waals surface area (Å²) in [5.74, 6) is 0.792. The summed E-state index contributed by atoms with van der Waals surface area (Å²) in [4.78, 5) is 2.20. The van der Waals surface area contributed by atoms with E-state index in [9.17, 15) is 8.42 Å². The first kappa shape index (κ1) is 17.5. The van der Waals surface area contributed by atoms with Crippen molar-refractivity contribution in [1.29, 1.82) is 0 Å². The van der Waals surface area contributed by atoms with E-state index < -0.39 is 10.0 Å². The second-order valence-electron chi connectivity index (χ2n) is 5.59. The van der Waals surface area contributed by atoms with Crippen molar-refractivity contribution in [2.24, 2.45) is 0 Å². The quantitative estimate of drug-likeness (QED) is 0.791. The lowest BCUT2D eigenvalue weighted by Crippen LogP contribution is -2.46. The largest absolute Gasteiger partial charge is 0.485 e. The maximum atomic E-state index is 12.6. The molecule has 0 saturated carbocycles. The maximum absolute atomic E-state index is 12.6. The number of benzene rings is 1. The first-order valence-electron chi connectivity index (χ1n) is 7.64. The predicted octanol–water partition coefficient (Wildman–Crippen LogP) is 3.31. The average Bonchev–Trinajstić information content (AvgIpc) is 3.01. The summed E-state index contributed by atoms with van der Waals surface area (Å²) in [6, 6.07) is 11.0. The molecule has 0 radical (unpaired) electrons. The Labute approximate surface area is 151 Å². The molecule has 0 spiro atoms. The third-order valence-corrected chi connectivity index (χ3v) is 7.50. The summed E-state index contributed by atoms with van der Waals surface area (Å²) in [5.41, 5.74) is 1.05. The van der Waals surface area contributed by atoms with Gasteiger partial charge >= 0.3 is 0 Å². The van der Waals surface area contributed by atoms with Gasteiger partial charge in [-0.15, -0.1) is 11.3 Å². The van der Waals surface area contributed by atoms with Crippen molar-refractivity contribution < 1.29 is 13.2 Å². The Bertz CT molecular complexity index is 822. The number of rotatable bonds is 5. The van der Waals surface area contributed by atoms with Gasteiger partial charge in [-0.05, 0) is 31.2 Å². The lowest BCUT2D eigenvalue weighted by atomic mass is 10.2. The van der Waals surface area contributed by atoms with Gasteiger partial charge < -0.3 is 9.64 Å². The lowest BCUT2D eigenvalue weighted by Gasteiger charge is -2.36. The number of thiophene rings is 1. The monoisotopic (exact) mass is 386 g/mol. The molecule has 24 heavy (non-hydrogen) atoms. The third kappa shape index (κ3) is 3.39. The molecule has 0 fully saturated rings. The highest BCUT2D eigenvalue weighted by atomic mass is 35.5. The number of likely N-dealkylation sites (N-methyl/N-ethyl adjacent to an activating group) is 2. The van der Waals surface area contributed by atoms with Crippen LogP contribution in [0, 0.1) is 0 Å². The number of sulfonamides is 1. The van der Waals surface area contributed by atoms with E-state index >= 15 is 0 Å². The minimum Gasteiger partial charge on any atom is -0.485 e. The topological polar surface area (TPSA) is 49.9 Å². The molecule has 130 valence electrons. The summed E-state index contributed by atoms with van der Waals surface area (Å²) < 4.78 is 33.3. The number of nitrogens with zero attached hydrogens (tertiary/aromatic N) is 2. The molecule has 0 N–H and O–H groups in total. The summed E-state index contributed by atoms with van der Waals surface area (Å²) in [7, 11) is -1.98. The molecule has 0 bridgehead atoms. The zero-order valence-electron chi connectivity index (χ0n) is 13.5. The van der Waals surface area contributed by atoms with E-state index in [2.05, 4.69) is 11.8 Å². The number of hydrogen-bond acceptors (Lipinski definition) is 5. The minimum absolute atomic E-state index is 0.227. The molecule has 8 heteroatoms. The SMILES string of the molecule is CCN1C[C@H](CN(C)S(=O)(=O)c2ccc(Cl)s2)Oc2ccccc21. The van der Waals surface area contributed by atoms with Crippen molar-refractivity contribution in [3.8, 4) is 5.75 Å². The van der Waals surface area contributed by atoms with Crippen LogP contribution in [0.2, 0.25) is 4.34 Å². The van der Waals surface area contributed by atoms with Crippen LogP contribution in [0.5, 0.6) is 5.75 Å². The van der Waals surface area contributed by atoms with E-state index in [1.807, 2.05) is 24.3 Å². The highest BCUT2D eigenvalue weighted by Crippen LogP contribution is 2.33. The molecule has 0 saturated heterocycles.